The molecule has 150 valence electrons. The summed E-state index contributed by atoms with van der Waals surface area (Å²) in [5, 5.41) is 11.5. The van der Waals surface area contributed by atoms with Gasteiger partial charge in [0.15, 0.2) is 0 Å². The predicted molar refractivity (Wildman–Crippen MR) is 105 cm³/mol. The number of hydrogen-bond donors (Lipinski definition) is 1. The summed E-state index contributed by atoms with van der Waals surface area (Å²) < 4.78 is 1.95. The highest BCUT2D eigenvalue weighted by Gasteiger charge is 2.24. The number of amides is 1. The van der Waals surface area contributed by atoms with Gasteiger partial charge in [-0.1, -0.05) is 5.21 Å². The zero-order valence-electron chi connectivity index (χ0n) is 16.6. The molecular formula is C19H28N8O. The first kappa shape index (κ1) is 18.8. The van der Waals surface area contributed by atoms with Crippen LogP contribution in [0.4, 0.5) is 5.82 Å². The van der Waals surface area contributed by atoms with Crippen molar-refractivity contribution in [1.29, 1.82) is 0 Å². The second kappa shape index (κ2) is 8.22. The van der Waals surface area contributed by atoms with Gasteiger partial charge in [-0.2, -0.15) is 0 Å². The van der Waals surface area contributed by atoms with E-state index in [0.717, 1.165) is 55.5 Å². The van der Waals surface area contributed by atoms with Crippen LogP contribution in [-0.4, -0.2) is 68.5 Å². The molecule has 0 radical (unpaired) electrons. The summed E-state index contributed by atoms with van der Waals surface area (Å²) in [5.74, 6) is 1.59. The van der Waals surface area contributed by atoms with E-state index in [9.17, 15) is 4.79 Å². The van der Waals surface area contributed by atoms with Gasteiger partial charge < -0.3 is 10.2 Å². The van der Waals surface area contributed by atoms with Crippen LogP contribution < -0.4 is 10.2 Å². The fraction of sp³-hybridized carbons (Fsp3) is 0.632. The van der Waals surface area contributed by atoms with Gasteiger partial charge in [-0.3, -0.25) is 19.4 Å². The van der Waals surface area contributed by atoms with Gasteiger partial charge in [0.1, 0.15) is 5.82 Å². The number of aromatic nitrogens is 5. The van der Waals surface area contributed by atoms with Crippen LogP contribution in [0.25, 0.3) is 0 Å². The third kappa shape index (κ3) is 4.46. The maximum absolute atomic E-state index is 11.5. The molecule has 0 spiro atoms. The Hall–Kier alpha value is -2.55. The standard InChI is InChI=1S/C19H28N8O/c1-14-8-21-15(2)19(22-14)26-6-3-4-16(9-26)10-27-12-17(23-24-27)11-25-7-5-20-18(28)13-25/h8,12,16H,3-7,9-11,13H2,1-2H3,(H,20,28). The van der Waals surface area contributed by atoms with Crippen molar-refractivity contribution in [2.75, 3.05) is 37.6 Å². The largest absolute Gasteiger partial charge is 0.355 e. The Bertz CT molecular complexity index is 835. The molecule has 2 fully saturated rings. The maximum atomic E-state index is 11.5. The summed E-state index contributed by atoms with van der Waals surface area (Å²) in [7, 11) is 0. The van der Waals surface area contributed by atoms with Crippen LogP contribution in [-0.2, 0) is 17.9 Å². The molecule has 9 nitrogen and oxygen atoms in total. The number of hydrogen-bond acceptors (Lipinski definition) is 7. The number of anilines is 1. The normalized spacial score (nSPS) is 21.0. The first-order valence-electron chi connectivity index (χ1n) is 10.00. The molecule has 2 saturated heterocycles. The lowest BCUT2D eigenvalue weighted by atomic mass is 9.98. The third-order valence-electron chi connectivity index (χ3n) is 5.40. The van der Waals surface area contributed by atoms with E-state index in [1.165, 1.54) is 6.42 Å². The molecule has 0 bridgehead atoms. The van der Waals surface area contributed by atoms with Gasteiger partial charge in [-0.15, -0.1) is 5.10 Å². The molecule has 0 aromatic carbocycles. The molecule has 2 aliphatic heterocycles. The van der Waals surface area contributed by atoms with Gasteiger partial charge in [0.2, 0.25) is 5.91 Å². The van der Waals surface area contributed by atoms with E-state index in [0.29, 0.717) is 25.6 Å². The molecule has 1 unspecified atom stereocenters. The fourth-order valence-electron chi connectivity index (χ4n) is 4.05. The number of carbonyl (C=O) groups excluding carboxylic acids is 1. The molecular weight excluding hydrogens is 356 g/mol. The number of piperazine rings is 1. The van der Waals surface area contributed by atoms with E-state index >= 15 is 0 Å². The molecule has 2 aliphatic rings. The number of aryl methyl sites for hydroxylation is 2. The quantitative estimate of drug-likeness (QED) is 0.804. The number of piperidine rings is 1. The van der Waals surface area contributed by atoms with Crippen LogP contribution in [0.3, 0.4) is 0 Å². The zero-order chi connectivity index (χ0) is 19.5. The molecule has 0 aliphatic carbocycles. The average molecular weight is 384 g/mol. The van der Waals surface area contributed by atoms with E-state index in [1.807, 2.05) is 30.9 Å². The van der Waals surface area contributed by atoms with Crippen molar-refractivity contribution >= 4 is 11.7 Å². The molecule has 9 heteroatoms. The fourth-order valence-corrected chi connectivity index (χ4v) is 4.05. The van der Waals surface area contributed by atoms with E-state index in [4.69, 9.17) is 4.98 Å². The van der Waals surface area contributed by atoms with Crippen LogP contribution in [0.15, 0.2) is 12.4 Å². The molecule has 4 rings (SSSR count). The van der Waals surface area contributed by atoms with Gasteiger partial charge in [0.05, 0.1) is 23.6 Å². The summed E-state index contributed by atoms with van der Waals surface area (Å²) in [6, 6.07) is 0. The molecule has 1 N–H and O–H groups in total. The summed E-state index contributed by atoms with van der Waals surface area (Å²) in [6.07, 6.45) is 6.16. The van der Waals surface area contributed by atoms with Crippen LogP contribution in [0.5, 0.6) is 0 Å². The van der Waals surface area contributed by atoms with Crippen molar-refractivity contribution in [3.05, 3.63) is 29.5 Å². The molecule has 28 heavy (non-hydrogen) atoms. The predicted octanol–water partition coefficient (Wildman–Crippen LogP) is 0.533. The SMILES string of the molecule is Cc1cnc(C)c(N2CCCC(Cn3cc(CN4CCNC(=O)C4)nn3)C2)n1. The lowest BCUT2D eigenvalue weighted by Crippen LogP contribution is -2.47. The van der Waals surface area contributed by atoms with Crippen LogP contribution in [0.1, 0.15) is 29.9 Å². The maximum Gasteiger partial charge on any atom is 0.234 e. The molecule has 2 aromatic heterocycles. The summed E-state index contributed by atoms with van der Waals surface area (Å²) in [5.41, 5.74) is 2.86. The second-order valence-electron chi connectivity index (χ2n) is 7.87. The van der Waals surface area contributed by atoms with Crippen LogP contribution in [0, 0.1) is 19.8 Å². The molecule has 2 aromatic rings. The van der Waals surface area contributed by atoms with E-state index in [1.54, 1.807) is 0 Å². The average Bonchev–Trinajstić information content (AvgIpc) is 3.10. The van der Waals surface area contributed by atoms with Crippen LogP contribution in [0.2, 0.25) is 0 Å². The molecule has 4 heterocycles. The molecule has 0 saturated carbocycles. The topological polar surface area (TPSA) is 92.1 Å². The van der Waals surface area contributed by atoms with Crippen LogP contribution >= 0.6 is 0 Å². The number of nitrogens with one attached hydrogen (secondary N) is 1. The second-order valence-corrected chi connectivity index (χ2v) is 7.87. The van der Waals surface area contributed by atoms with Gasteiger partial charge in [-0.25, -0.2) is 4.98 Å². The van der Waals surface area contributed by atoms with Crippen molar-refractivity contribution in [1.82, 2.24) is 35.2 Å². The van der Waals surface area contributed by atoms with Crippen molar-refractivity contribution in [2.24, 2.45) is 5.92 Å². The highest BCUT2D eigenvalue weighted by atomic mass is 16.2. The highest BCUT2D eigenvalue weighted by molar-refractivity contribution is 5.78. The van der Waals surface area contributed by atoms with Crippen molar-refractivity contribution in [3.8, 4) is 0 Å². The smallest absolute Gasteiger partial charge is 0.234 e. The minimum atomic E-state index is 0.0791. The van der Waals surface area contributed by atoms with Gasteiger partial charge in [0.25, 0.3) is 0 Å². The Balaban J connectivity index is 1.36. The lowest BCUT2D eigenvalue weighted by molar-refractivity contribution is -0.124. The van der Waals surface area contributed by atoms with Gasteiger partial charge in [0, 0.05) is 51.7 Å². The molecule has 1 amide bonds. The molecule has 1 atom stereocenters. The minimum Gasteiger partial charge on any atom is -0.355 e. The Morgan fingerprint density at radius 3 is 3.04 bits per heavy atom. The van der Waals surface area contributed by atoms with Crippen molar-refractivity contribution < 1.29 is 4.79 Å². The Morgan fingerprint density at radius 1 is 1.29 bits per heavy atom. The lowest BCUT2D eigenvalue weighted by Gasteiger charge is -2.34. The third-order valence-corrected chi connectivity index (χ3v) is 5.40. The first-order chi connectivity index (χ1) is 13.6. The number of carbonyl (C=O) groups is 1. The summed E-state index contributed by atoms with van der Waals surface area (Å²) in [4.78, 5) is 25.1. The van der Waals surface area contributed by atoms with E-state index in [-0.39, 0.29) is 5.91 Å². The Labute approximate surface area is 165 Å². The van der Waals surface area contributed by atoms with E-state index < -0.39 is 0 Å². The minimum absolute atomic E-state index is 0.0791. The monoisotopic (exact) mass is 384 g/mol. The van der Waals surface area contributed by atoms with Crippen molar-refractivity contribution in [3.63, 3.8) is 0 Å². The number of rotatable bonds is 5. The Morgan fingerprint density at radius 2 is 2.18 bits per heavy atom. The van der Waals surface area contributed by atoms with Gasteiger partial charge >= 0.3 is 0 Å². The number of nitrogens with zero attached hydrogens (tertiary/aromatic N) is 7. The Kier molecular flexibility index (Phi) is 5.52. The van der Waals surface area contributed by atoms with E-state index in [2.05, 4.69) is 30.4 Å². The highest BCUT2D eigenvalue weighted by Crippen LogP contribution is 2.24. The zero-order valence-corrected chi connectivity index (χ0v) is 16.6. The summed E-state index contributed by atoms with van der Waals surface area (Å²) >= 11 is 0. The first-order valence-corrected chi connectivity index (χ1v) is 10.00. The van der Waals surface area contributed by atoms with Crippen molar-refractivity contribution in [2.45, 2.75) is 39.8 Å². The van der Waals surface area contributed by atoms with Gasteiger partial charge in [-0.05, 0) is 32.6 Å². The summed E-state index contributed by atoms with van der Waals surface area (Å²) in [6.45, 7) is 9.50.